The van der Waals surface area contributed by atoms with Crippen LogP contribution in [0.15, 0.2) is 0 Å². The van der Waals surface area contributed by atoms with Gasteiger partial charge in [0, 0.05) is 0 Å². The maximum Gasteiger partial charge on any atom is 0.460 e. The Labute approximate surface area is 153 Å². The summed E-state index contributed by atoms with van der Waals surface area (Å²) < 4.78 is 198. The molecule has 18 heteroatoms. The Hall–Kier alpha value is 0.0900. The maximum atomic E-state index is 13.1. The van der Waals surface area contributed by atoms with E-state index in [0.29, 0.717) is 0 Å². The third-order valence-electron chi connectivity index (χ3n) is 2.68. The third kappa shape index (κ3) is 3.23. The largest absolute Gasteiger partial charge is 0.460 e. The standard InChI is InChI=1S/C8BrF16I/c9-7(22,26)5(18,19)3(14,15)1(10,11)2(12,13)4(16,17)6(20,21)8(23,24)25. The van der Waals surface area contributed by atoms with Crippen molar-refractivity contribution in [3.05, 3.63) is 0 Å². The Morgan fingerprint density at radius 2 is 0.577 bits per heavy atom. The zero-order valence-corrected chi connectivity index (χ0v) is 14.5. The highest BCUT2D eigenvalue weighted by atomic mass is 127. The zero-order chi connectivity index (χ0) is 22.0. The third-order valence-corrected chi connectivity index (χ3v) is 3.86. The molecule has 0 aliphatic carbocycles. The Morgan fingerprint density at radius 1 is 0.385 bits per heavy atom. The molecular formula is C8BrF16I. The minimum atomic E-state index is -8.42. The molecule has 158 valence electrons. The normalized spacial score (nSPS) is 18.7. The summed E-state index contributed by atoms with van der Waals surface area (Å²) >= 11 is 0.602. The lowest BCUT2D eigenvalue weighted by Gasteiger charge is -2.42. The van der Waals surface area contributed by atoms with Crippen molar-refractivity contribution in [2.75, 3.05) is 0 Å². The minimum Gasteiger partial charge on any atom is -0.213 e. The maximum absolute atomic E-state index is 13.1. The van der Waals surface area contributed by atoms with Gasteiger partial charge in [-0.15, -0.1) is 0 Å². The second-order valence-electron chi connectivity index (χ2n) is 4.44. The molecule has 0 saturated heterocycles. The van der Waals surface area contributed by atoms with Gasteiger partial charge in [-0.2, -0.15) is 65.9 Å². The van der Waals surface area contributed by atoms with Gasteiger partial charge in [0.1, 0.15) is 0 Å². The molecule has 0 nitrogen and oxygen atoms in total. The predicted molar refractivity (Wildman–Crippen MR) is 62.5 cm³/mol. The molecule has 26 heavy (non-hydrogen) atoms. The van der Waals surface area contributed by atoms with E-state index in [0.717, 1.165) is 15.9 Å². The quantitative estimate of drug-likeness (QED) is 0.177. The van der Waals surface area contributed by atoms with Gasteiger partial charge < -0.3 is 0 Å². The summed E-state index contributed by atoms with van der Waals surface area (Å²) in [6.45, 7) is 0. The van der Waals surface area contributed by atoms with Gasteiger partial charge in [-0.05, 0) is 38.5 Å². The van der Waals surface area contributed by atoms with Crippen LogP contribution in [-0.4, -0.2) is 44.3 Å². The van der Waals surface area contributed by atoms with E-state index in [-0.39, 0.29) is 0 Å². The topological polar surface area (TPSA) is 0 Å². The number of alkyl halides is 18. The average Bonchev–Trinajstić information content (AvgIpc) is 2.34. The second-order valence-corrected chi connectivity index (χ2v) is 8.50. The smallest absolute Gasteiger partial charge is 0.213 e. The van der Waals surface area contributed by atoms with Gasteiger partial charge in [-0.3, -0.25) is 0 Å². The fourth-order valence-corrected chi connectivity index (χ4v) is 1.73. The van der Waals surface area contributed by atoms with Crippen molar-refractivity contribution < 1.29 is 70.2 Å². The fraction of sp³-hybridized carbons (Fsp3) is 1.00. The SMILES string of the molecule is FC(F)(F)C(F)(F)C(F)(F)C(F)(F)C(F)(F)C(F)(F)C(F)(F)C(F)(Br)I. The van der Waals surface area contributed by atoms with Gasteiger partial charge in [0.05, 0.1) is 0 Å². The molecule has 0 aliphatic heterocycles. The Kier molecular flexibility index (Phi) is 6.32. The summed E-state index contributed by atoms with van der Waals surface area (Å²) in [6.07, 6.45) is -7.67. The highest BCUT2D eigenvalue weighted by Crippen LogP contribution is 2.65. The predicted octanol–water partition coefficient (Wildman–Crippen LogP) is 6.81. The molecule has 0 radical (unpaired) electrons. The van der Waals surface area contributed by atoms with E-state index in [4.69, 9.17) is 0 Å². The van der Waals surface area contributed by atoms with Gasteiger partial charge in [0.25, 0.3) is 2.58 Å². The molecular weight excluding hydrogens is 607 g/mol. The lowest BCUT2D eigenvalue weighted by atomic mass is 9.91. The molecule has 0 aromatic heterocycles. The van der Waals surface area contributed by atoms with Crippen LogP contribution in [0.2, 0.25) is 0 Å². The van der Waals surface area contributed by atoms with E-state index in [9.17, 15) is 70.2 Å². The van der Waals surface area contributed by atoms with Crippen LogP contribution in [0.3, 0.4) is 0 Å². The molecule has 0 amide bonds. The summed E-state index contributed by atoms with van der Waals surface area (Å²) in [5, 5.41) is 0. The molecule has 0 aliphatic rings. The van der Waals surface area contributed by atoms with Gasteiger partial charge in [0.2, 0.25) is 0 Å². The van der Waals surface area contributed by atoms with Crippen LogP contribution in [0.4, 0.5) is 70.2 Å². The molecule has 1 atom stereocenters. The number of hydrogen-bond donors (Lipinski definition) is 0. The molecule has 0 N–H and O–H groups in total. The van der Waals surface area contributed by atoms with E-state index < -0.39 is 66.9 Å². The monoisotopic (exact) mass is 606 g/mol. The van der Waals surface area contributed by atoms with Crippen molar-refractivity contribution in [2.24, 2.45) is 0 Å². The lowest BCUT2D eigenvalue weighted by molar-refractivity contribution is -0.453. The van der Waals surface area contributed by atoms with Crippen LogP contribution in [0, 0.1) is 0 Å². The van der Waals surface area contributed by atoms with Crippen molar-refractivity contribution in [2.45, 2.75) is 44.3 Å². The molecule has 0 saturated carbocycles. The van der Waals surface area contributed by atoms with Crippen LogP contribution in [0.5, 0.6) is 0 Å². The minimum absolute atomic E-state index is 0.411. The van der Waals surface area contributed by atoms with E-state index in [1.54, 1.807) is 0 Å². The first-order valence-electron chi connectivity index (χ1n) is 5.15. The number of hydrogen-bond acceptors (Lipinski definition) is 0. The zero-order valence-electron chi connectivity index (χ0n) is 10.8. The highest BCUT2D eigenvalue weighted by Gasteiger charge is 2.94. The first-order chi connectivity index (χ1) is 10.8. The fourth-order valence-electron chi connectivity index (χ4n) is 1.14. The van der Waals surface area contributed by atoms with Crippen LogP contribution >= 0.6 is 38.5 Å². The summed E-state index contributed by atoms with van der Waals surface area (Å²) in [7, 11) is 0. The van der Waals surface area contributed by atoms with Crippen molar-refractivity contribution in [1.82, 2.24) is 0 Å². The molecule has 0 spiro atoms. The van der Waals surface area contributed by atoms with E-state index in [2.05, 4.69) is 0 Å². The molecule has 0 bridgehead atoms. The van der Waals surface area contributed by atoms with E-state index in [1.807, 2.05) is 0 Å². The Balaban J connectivity index is 6.61. The Bertz CT molecular complexity index is 479. The van der Waals surface area contributed by atoms with Crippen molar-refractivity contribution in [1.29, 1.82) is 0 Å². The summed E-state index contributed by atoms with van der Waals surface area (Å²) in [6, 6.07) is 0. The van der Waals surface area contributed by atoms with Crippen LogP contribution in [0.1, 0.15) is 0 Å². The van der Waals surface area contributed by atoms with Crippen LogP contribution in [0.25, 0.3) is 0 Å². The summed E-state index contributed by atoms with van der Waals surface area (Å²) in [5.74, 6) is -47.9. The highest BCUT2D eigenvalue weighted by molar-refractivity contribution is 14.1. The summed E-state index contributed by atoms with van der Waals surface area (Å²) in [5.41, 5.74) is 0. The number of rotatable bonds is 6. The van der Waals surface area contributed by atoms with Crippen molar-refractivity contribution in [3.63, 3.8) is 0 Å². The molecule has 0 aromatic carbocycles. The Morgan fingerprint density at radius 3 is 0.769 bits per heavy atom. The van der Waals surface area contributed by atoms with Gasteiger partial charge in [-0.25, -0.2) is 4.39 Å². The summed E-state index contributed by atoms with van der Waals surface area (Å²) in [4.78, 5) is 0. The average molecular weight is 607 g/mol. The first-order valence-corrected chi connectivity index (χ1v) is 7.02. The van der Waals surface area contributed by atoms with Gasteiger partial charge in [0.15, 0.2) is 0 Å². The number of halogens is 18. The molecule has 0 heterocycles. The van der Waals surface area contributed by atoms with E-state index >= 15 is 0 Å². The van der Waals surface area contributed by atoms with Crippen molar-refractivity contribution >= 4 is 38.5 Å². The molecule has 0 rings (SSSR count). The molecule has 0 aromatic rings. The lowest BCUT2D eigenvalue weighted by Crippen LogP contribution is -2.73. The van der Waals surface area contributed by atoms with Gasteiger partial charge >= 0.3 is 41.7 Å². The van der Waals surface area contributed by atoms with Gasteiger partial charge in [-0.1, -0.05) is 0 Å². The second kappa shape index (κ2) is 6.30. The van der Waals surface area contributed by atoms with Crippen molar-refractivity contribution in [3.8, 4) is 0 Å². The first kappa shape index (κ1) is 26.1. The van der Waals surface area contributed by atoms with E-state index in [1.165, 1.54) is 0 Å². The van der Waals surface area contributed by atoms with Crippen LogP contribution in [-0.2, 0) is 0 Å². The molecule has 0 fully saturated rings. The van der Waals surface area contributed by atoms with Crippen LogP contribution < -0.4 is 0 Å². The molecule has 1 unspecified atom stereocenters.